The number of fused-ring (bicyclic) bond motifs is 1. The smallest absolute Gasteiger partial charge is 0.263 e. The minimum atomic E-state index is -0.216. The molecule has 0 atom stereocenters. The molecule has 158 valence electrons. The number of para-hydroxylation sites is 1. The Morgan fingerprint density at radius 3 is 2.73 bits per heavy atom. The molecule has 3 N–H and O–H groups in total. The van der Waals surface area contributed by atoms with Gasteiger partial charge in [-0.1, -0.05) is 24.3 Å². The van der Waals surface area contributed by atoms with Gasteiger partial charge >= 0.3 is 0 Å². The molecule has 2 aromatic heterocycles. The summed E-state index contributed by atoms with van der Waals surface area (Å²) >= 11 is 0. The topological polar surface area (TPSA) is 103 Å². The number of morpholine rings is 1. The summed E-state index contributed by atoms with van der Waals surface area (Å²) < 4.78 is 5.41. The fourth-order valence-corrected chi connectivity index (χ4v) is 3.58. The molecule has 0 aliphatic carbocycles. The van der Waals surface area contributed by atoms with Gasteiger partial charge < -0.3 is 20.1 Å². The van der Waals surface area contributed by atoms with Crippen LogP contribution in [0.3, 0.4) is 0 Å². The van der Waals surface area contributed by atoms with E-state index in [1.165, 1.54) is 0 Å². The van der Waals surface area contributed by atoms with Gasteiger partial charge in [0.1, 0.15) is 11.4 Å². The predicted molar refractivity (Wildman–Crippen MR) is 118 cm³/mol. The fourth-order valence-electron chi connectivity index (χ4n) is 3.58. The summed E-state index contributed by atoms with van der Waals surface area (Å²) in [4.78, 5) is 27.5. The first-order valence-corrected chi connectivity index (χ1v) is 10.4. The number of pyridine rings is 1. The van der Waals surface area contributed by atoms with Crippen LogP contribution >= 0.6 is 0 Å². The van der Waals surface area contributed by atoms with Gasteiger partial charge in [-0.3, -0.25) is 9.78 Å². The third-order valence-electron chi connectivity index (χ3n) is 5.20. The van der Waals surface area contributed by atoms with E-state index in [1.54, 1.807) is 0 Å². The van der Waals surface area contributed by atoms with E-state index in [2.05, 4.69) is 10.3 Å². The molecule has 0 amide bonds. The Morgan fingerprint density at radius 1 is 1.07 bits per heavy atom. The first-order chi connectivity index (χ1) is 14.8. The van der Waals surface area contributed by atoms with Gasteiger partial charge in [-0.15, -0.1) is 0 Å². The Balaban J connectivity index is 1.69. The van der Waals surface area contributed by atoms with Crippen LogP contribution in [-0.4, -0.2) is 59.5 Å². The molecular weight excluding hydrogens is 382 g/mol. The molecule has 8 heteroatoms. The third kappa shape index (κ3) is 4.60. The number of unbranched alkanes of at least 4 members (excludes halogenated alkanes) is 2. The molecule has 0 unspecified atom stereocenters. The molecule has 1 aromatic carbocycles. The number of benzene rings is 1. The maximum atomic E-state index is 13.1. The van der Waals surface area contributed by atoms with Crippen molar-refractivity contribution in [3.63, 3.8) is 0 Å². The highest BCUT2D eigenvalue weighted by Gasteiger charge is 2.19. The molecule has 0 bridgehead atoms. The Bertz CT molecular complexity index is 1050. The van der Waals surface area contributed by atoms with Gasteiger partial charge in [0.15, 0.2) is 0 Å². The van der Waals surface area contributed by atoms with Crippen molar-refractivity contribution >= 4 is 22.7 Å². The molecule has 8 nitrogen and oxygen atoms in total. The van der Waals surface area contributed by atoms with Crippen LogP contribution < -0.4 is 15.8 Å². The van der Waals surface area contributed by atoms with Crippen molar-refractivity contribution in [3.05, 3.63) is 46.8 Å². The Hall–Kier alpha value is -2.97. The molecule has 0 saturated carbocycles. The quantitative estimate of drug-likeness (QED) is 0.491. The van der Waals surface area contributed by atoms with Crippen LogP contribution in [0.15, 0.2) is 41.2 Å². The average Bonchev–Trinajstić information content (AvgIpc) is 2.79. The highest BCUT2D eigenvalue weighted by Crippen LogP contribution is 2.25. The molecule has 30 heavy (non-hydrogen) atoms. The van der Waals surface area contributed by atoms with Crippen molar-refractivity contribution in [3.8, 4) is 11.3 Å². The average molecular weight is 409 g/mol. The molecule has 4 rings (SSSR count). The Labute approximate surface area is 174 Å². The largest absolute Gasteiger partial charge is 0.396 e. The van der Waals surface area contributed by atoms with E-state index < -0.39 is 0 Å². The van der Waals surface area contributed by atoms with Gasteiger partial charge in [0, 0.05) is 31.6 Å². The number of nitrogens with zero attached hydrogens (tertiary/aromatic N) is 3. The number of anilines is 2. The number of aromatic nitrogens is 3. The predicted octanol–water partition coefficient (Wildman–Crippen LogP) is 2.40. The second kappa shape index (κ2) is 9.69. The van der Waals surface area contributed by atoms with E-state index in [0.717, 1.165) is 30.2 Å². The van der Waals surface area contributed by atoms with E-state index in [9.17, 15) is 4.79 Å². The Kier molecular flexibility index (Phi) is 6.56. The molecule has 0 radical (unpaired) electrons. The number of hydrogen-bond acceptors (Lipinski definition) is 7. The lowest BCUT2D eigenvalue weighted by Crippen LogP contribution is -2.38. The number of hydrogen-bond donors (Lipinski definition) is 3. The zero-order valence-corrected chi connectivity index (χ0v) is 16.9. The van der Waals surface area contributed by atoms with Gasteiger partial charge in [0.05, 0.1) is 24.4 Å². The number of H-pyrrole nitrogens is 1. The molecule has 1 fully saturated rings. The van der Waals surface area contributed by atoms with Gasteiger partial charge in [-0.05, 0) is 31.4 Å². The highest BCUT2D eigenvalue weighted by atomic mass is 16.5. The monoisotopic (exact) mass is 409 g/mol. The number of rotatable bonds is 8. The van der Waals surface area contributed by atoms with Crippen LogP contribution in [0, 0.1) is 0 Å². The number of ether oxygens (including phenoxy) is 1. The highest BCUT2D eigenvalue weighted by molar-refractivity contribution is 5.83. The molecule has 0 spiro atoms. The molecule has 1 aliphatic heterocycles. The lowest BCUT2D eigenvalue weighted by molar-refractivity contribution is 0.122. The van der Waals surface area contributed by atoms with Crippen LogP contribution in [-0.2, 0) is 4.74 Å². The molecule has 1 aliphatic rings. The zero-order chi connectivity index (χ0) is 20.8. The van der Waals surface area contributed by atoms with Crippen molar-refractivity contribution in [1.29, 1.82) is 0 Å². The van der Waals surface area contributed by atoms with Gasteiger partial charge in [0.25, 0.3) is 5.56 Å². The minimum absolute atomic E-state index is 0.191. The van der Waals surface area contributed by atoms with E-state index in [0.29, 0.717) is 55.9 Å². The van der Waals surface area contributed by atoms with Gasteiger partial charge in [-0.2, -0.15) is 4.98 Å². The standard InChI is InChI=1S/C22H27N5O3/c28-13-5-1-4-10-23-20-19(18-9-8-16-6-2-3-7-17(16)24-18)21(29)26-22(25-20)27-11-14-30-15-12-27/h2-3,6-9,28H,1,4-5,10-15H2,(H2,23,25,26,29). The van der Waals surface area contributed by atoms with Crippen molar-refractivity contribution in [1.82, 2.24) is 15.0 Å². The first-order valence-electron chi connectivity index (χ1n) is 10.4. The summed E-state index contributed by atoms with van der Waals surface area (Å²) in [7, 11) is 0. The van der Waals surface area contributed by atoms with E-state index in [4.69, 9.17) is 19.8 Å². The van der Waals surface area contributed by atoms with E-state index in [-0.39, 0.29) is 12.2 Å². The fraction of sp³-hybridized carbons (Fsp3) is 0.409. The number of aliphatic hydroxyl groups excluding tert-OH is 1. The van der Waals surface area contributed by atoms with Crippen LogP contribution in [0.1, 0.15) is 19.3 Å². The number of aromatic amines is 1. The molecular formula is C22H27N5O3. The Morgan fingerprint density at radius 2 is 1.90 bits per heavy atom. The molecule has 1 saturated heterocycles. The van der Waals surface area contributed by atoms with E-state index >= 15 is 0 Å². The lowest BCUT2D eigenvalue weighted by Gasteiger charge is -2.27. The first kappa shape index (κ1) is 20.3. The number of aliphatic hydroxyl groups is 1. The second-order valence-electron chi connectivity index (χ2n) is 7.31. The summed E-state index contributed by atoms with van der Waals surface area (Å²) in [6, 6.07) is 11.7. The minimum Gasteiger partial charge on any atom is -0.396 e. The second-order valence-corrected chi connectivity index (χ2v) is 7.31. The normalized spacial score (nSPS) is 14.2. The SMILES string of the molecule is O=c1[nH]c(N2CCOCC2)nc(NCCCCCO)c1-c1ccc2ccccc2n1. The number of nitrogens with one attached hydrogen (secondary N) is 2. The summed E-state index contributed by atoms with van der Waals surface area (Å²) in [5.41, 5.74) is 1.65. The van der Waals surface area contributed by atoms with Crippen LogP contribution in [0.5, 0.6) is 0 Å². The summed E-state index contributed by atoms with van der Waals surface area (Å²) in [6.07, 6.45) is 2.56. The van der Waals surface area contributed by atoms with Crippen LogP contribution in [0.4, 0.5) is 11.8 Å². The van der Waals surface area contributed by atoms with Crippen molar-refractivity contribution in [2.45, 2.75) is 19.3 Å². The third-order valence-corrected chi connectivity index (χ3v) is 5.20. The van der Waals surface area contributed by atoms with Crippen molar-refractivity contribution in [2.24, 2.45) is 0 Å². The van der Waals surface area contributed by atoms with Gasteiger partial charge in [0.2, 0.25) is 5.95 Å². The summed E-state index contributed by atoms with van der Waals surface area (Å²) in [6.45, 7) is 3.46. The zero-order valence-electron chi connectivity index (χ0n) is 16.9. The van der Waals surface area contributed by atoms with Crippen LogP contribution in [0.2, 0.25) is 0 Å². The van der Waals surface area contributed by atoms with E-state index in [1.807, 2.05) is 41.3 Å². The molecule has 3 heterocycles. The molecule has 3 aromatic rings. The maximum absolute atomic E-state index is 13.1. The van der Waals surface area contributed by atoms with Crippen LogP contribution in [0.25, 0.3) is 22.2 Å². The maximum Gasteiger partial charge on any atom is 0.263 e. The lowest BCUT2D eigenvalue weighted by atomic mass is 10.1. The summed E-state index contributed by atoms with van der Waals surface area (Å²) in [5.74, 6) is 1.08. The summed E-state index contributed by atoms with van der Waals surface area (Å²) in [5, 5.41) is 13.3. The van der Waals surface area contributed by atoms with Crippen molar-refractivity contribution in [2.75, 3.05) is 49.7 Å². The van der Waals surface area contributed by atoms with Gasteiger partial charge in [-0.25, -0.2) is 4.98 Å². The van der Waals surface area contributed by atoms with Crippen molar-refractivity contribution < 1.29 is 9.84 Å².